The first kappa shape index (κ1) is 28.5. The van der Waals surface area contributed by atoms with Crippen LogP contribution in [0.4, 0.5) is 8.78 Å². The number of hydrogen-bond donors (Lipinski definition) is 0. The van der Waals surface area contributed by atoms with Gasteiger partial charge in [0.2, 0.25) is 0 Å². The van der Waals surface area contributed by atoms with E-state index in [9.17, 15) is 18.4 Å². The highest BCUT2D eigenvalue weighted by molar-refractivity contribution is 5.96. The summed E-state index contributed by atoms with van der Waals surface area (Å²) in [6.07, 6.45) is 0.728. The van der Waals surface area contributed by atoms with Crippen molar-refractivity contribution in [3.63, 3.8) is 0 Å². The van der Waals surface area contributed by atoms with Crippen LogP contribution in [0.2, 0.25) is 0 Å². The van der Waals surface area contributed by atoms with E-state index < -0.39 is 17.5 Å². The second-order valence-corrected chi connectivity index (χ2v) is 10.6. The highest BCUT2D eigenvalue weighted by Gasteiger charge is 2.41. The van der Waals surface area contributed by atoms with Gasteiger partial charge in [-0.15, -0.1) is 0 Å². The molecule has 2 atom stereocenters. The van der Waals surface area contributed by atoms with E-state index >= 15 is 0 Å². The molecule has 0 N–H and O–H groups in total. The maximum absolute atomic E-state index is 14.4. The lowest BCUT2D eigenvalue weighted by molar-refractivity contribution is 0.0641. The van der Waals surface area contributed by atoms with Gasteiger partial charge in [0.1, 0.15) is 6.61 Å². The summed E-state index contributed by atoms with van der Waals surface area (Å²) in [7, 11) is 1.53. The number of nitrogens with zero attached hydrogens (tertiary/aromatic N) is 2. The smallest absolute Gasteiger partial charge is 0.256 e. The van der Waals surface area contributed by atoms with Gasteiger partial charge in [-0.2, -0.15) is 0 Å². The summed E-state index contributed by atoms with van der Waals surface area (Å²) in [6, 6.07) is 17.8. The van der Waals surface area contributed by atoms with Gasteiger partial charge in [-0.1, -0.05) is 36.4 Å². The molecule has 0 radical (unpaired) electrons. The summed E-state index contributed by atoms with van der Waals surface area (Å²) < 4.78 is 45.5. The van der Waals surface area contributed by atoms with Gasteiger partial charge in [0, 0.05) is 31.7 Å². The lowest BCUT2D eigenvalue weighted by Crippen LogP contribution is -2.43. The van der Waals surface area contributed by atoms with E-state index in [0.29, 0.717) is 63.1 Å². The Morgan fingerprint density at radius 1 is 0.854 bits per heavy atom. The van der Waals surface area contributed by atoms with E-state index in [1.807, 2.05) is 30.3 Å². The summed E-state index contributed by atoms with van der Waals surface area (Å²) in [6.45, 7) is 4.59. The van der Waals surface area contributed by atoms with Crippen molar-refractivity contribution in [3.8, 4) is 11.5 Å². The van der Waals surface area contributed by atoms with Gasteiger partial charge in [0.05, 0.1) is 25.9 Å². The number of piperidine rings is 1. The molecular formula is C32H34F2N2O5. The van der Waals surface area contributed by atoms with E-state index in [1.165, 1.54) is 26.2 Å². The van der Waals surface area contributed by atoms with E-state index in [1.54, 1.807) is 28.0 Å². The fraction of sp³-hybridized carbons (Fsp3) is 0.375. The maximum atomic E-state index is 14.4. The van der Waals surface area contributed by atoms with Gasteiger partial charge in [-0.05, 0) is 60.6 Å². The Labute approximate surface area is 238 Å². The Balaban J connectivity index is 1.15. The minimum absolute atomic E-state index is 0.0652. The van der Waals surface area contributed by atoms with Crippen molar-refractivity contribution in [2.24, 2.45) is 11.8 Å². The Morgan fingerprint density at radius 2 is 1.61 bits per heavy atom. The Morgan fingerprint density at radius 3 is 2.39 bits per heavy atom. The third kappa shape index (κ3) is 6.35. The number of halogens is 2. The maximum Gasteiger partial charge on any atom is 0.256 e. The van der Waals surface area contributed by atoms with Crippen molar-refractivity contribution in [1.29, 1.82) is 0 Å². The average molecular weight is 565 g/mol. The number of carbonyl (C=O) groups excluding carboxylic acids is 2. The SMILES string of the molecule is COc1cc(C(=O)N2CC[C@@H]3CN(C(=O)c4ccc(C)c(F)c4F)C[C@@H]3C2)ccc1OCCOCc1ccccc1. The average Bonchev–Trinajstić information content (AvgIpc) is 3.43. The molecule has 0 saturated carbocycles. The first-order chi connectivity index (χ1) is 19.9. The highest BCUT2D eigenvalue weighted by atomic mass is 19.2. The molecule has 2 heterocycles. The molecule has 5 rings (SSSR count). The number of benzene rings is 3. The zero-order valence-corrected chi connectivity index (χ0v) is 23.3. The van der Waals surface area contributed by atoms with E-state index in [-0.39, 0.29) is 28.9 Å². The molecule has 0 aliphatic carbocycles. The lowest BCUT2D eigenvalue weighted by Gasteiger charge is -2.34. The van der Waals surface area contributed by atoms with Crippen LogP contribution in [0.15, 0.2) is 60.7 Å². The van der Waals surface area contributed by atoms with Crippen molar-refractivity contribution in [1.82, 2.24) is 9.80 Å². The number of carbonyl (C=O) groups is 2. The largest absolute Gasteiger partial charge is 0.493 e. The molecule has 7 nitrogen and oxygen atoms in total. The molecule has 2 aliphatic heterocycles. The van der Waals surface area contributed by atoms with Crippen LogP contribution in [-0.2, 0) is 11.3 Å². The lowest BCUT2D eigenvalue weighted by atomic mass is 9.88. The fourth-order valence-electron chi connectivity index (χ4n) is 5.58. The molecule has 2 fully saturated rings. The van der Waals surface area contributed by atoms with Gasteiger partial charge >= 0.3 is 0 Å². The topological polar surface area (TPSA) is 68.3 Å². The Kier molecular flexibility index (Phi) is 8.83. The van der Waals surface area contributed by atoms with Gasteiger partial charge in [-0.3, -0.25) is 9.59 Å². The third-order valence-electron chi connectivity index (χ3n) is 7.89. The number of likely N-dealkylation sites (tertiary alicyclic amines) is 2. The van der Waals surface area contributed by atoms with Crippen molar-refractivity contribution >= 4 is 11.8 Å². The normalized spacial score (nSPS) is 18.2. The molecule has 41 heavy (non-hydrogen) atoms. The summed E-state index contributed by atoms with van der Waals surface area (Å²) in [4.78, 5) is 29.8. The zero-order valence-electron chi connectivity index (χ0n) is 23.3. The molecular weight excluding hydrogens is 530 g/mol. The fourth-order valence-corrected chi connectivity index (χ4v) is 5.58. The van der Waals surface area contributed by atoms with Crippen LogP contribution in [-0.4, -0.2) is 68.1 Å². The molecule has 0 spiro atoms. The second-order valence-electron chi connectivity index (χ2n) is 10.6. The van der Waals surface area contributed by atoms with Crippen molar-refractivity contribution in [2.45, 2.75) is 20.0 Å². The number of aryl methyl sites for hydroxylation is 1. The molecule has 0 bridgehead atoms. The number of hydrogen-bond acceptors (Lipinski definition) is 5. The molecule has 2 amide bonds. The monoisotopic (exact) mass is 564 g/mol. The quantitative estimate of drug-likeness (QED) is 0.338. The van der Waals surface area contributed by atoms with E-state index in [2.05, 4.69) is 0 Å². The molecule has 3 aromatic rings. The molecule has 0 unspecified atom stereocenters. The summed E-state index contributed by atoms with van der Waals surface area (Å²) in [5.41, 5.74) is 1.48. The molecule has 2 saturated heterocycles. The van der Waals surface area contributed by atoms with Gasteiger partial charge in [-0.25, -0.2) is 8.78 Å². The third-order valence-corrected chi connectivity index (χ3v) is 7.89. The number of methoxy groups -OCH3 is 1. The number of rotatable bonds is 9. The van der Waals surface area contributed by atoms with Gasteiger partial charge in [0.25, 0.3) is 11.8 Å². The van der Waals surface area contributed by atoms with Crippen LogP contribution in [0, 0.1) is 30.4 Å². The summed E-state index contributed by atoms with van der Waals surface area (Å²) in [5, 5.41) is 0. The molecule has 2 aliphatic rings. The minimum Gasteiger partial charge on any atom is -0.493 e. The number of ether oxygens (including phenoxy) is 3. The highest BCUT2D eigenvalue weighted by Crippen LogP contribution is 2.34. The van der Waals surface area contributed by atoms with Crippen LogP contribution in [0.1, 0.15) is 38.3 Å². The minimum atomic E-state index is -1.11. The molecule has 0 aromatic heterocycles. The molecule has 3 aromatic carbocycles. The van der Waals surface area contributed by atoms with E-state index in [4.69, 9.17) is 14.2 Å². The predicted octanol–water partition coefficient (Wildman–Crippen LogP) is 5.11. The Hall–Kier alpha value is -3.98. The second kappa shape index (κ2) is 12.7. The van der Waals surface area contributed by atoms with Crippen LogP contribution in [0.5, 0.6) is 11.5 Å². The van der Waals surface area contributed by atoms with E-state index in [0.717, 1.165) is 12.0 Å². The zero-order chi connectivity index (χ0) is 28.9. The molecule has 216 valence electrons. The van der Waals surface area contributed by atoms with Crippen LogP contribution < -0.4 is 9.47 Å². The van der Waals surface area contributed by atoms with Crippen LogP contribution >= 0.6 is 0 Å². The molecule has 9 heteroatoms. The summed E-state index contributed by atoms with van der Waals surface area (Å²) in [5.74, 6) is -1.49. The first-order valence-corrected chi connectivity index (χ1v) is 13.8. The van der Waals surface area contributed by atoms with Gasteiger partial charge in [0.15, 0.2) is 23.1 Å². The summed E-state index contributed by atoms with van der Waals surface area (Å²) >= 11 is 0. The standard InChI is InChI=1S/C32H34F2N2O5/c1-21-8-10-26(30(34)29(21)33)32(38)36-17-24-12-13-35(18-25(24)19-36)31(37)23-9-11-27(28(16-23)39-2)41-15-14-40-20-22-6-4-3-5-7-22/h3-11,16,24-25H,12-15,17-20H2,1-2H3/t24-,25+/m1/s1. The Bertz CT molecular complexity index is 1400. The number of amides is 2. The first-order valence-electron chi connectivity index (χ1n) is 13.8. The van der Waals surface area contributed by atoms with Crippen LogP contribution in [0.25, 0.3) is 0 Å². The van der Waals surface area contributed by atoms with Gasteiger partial charge < -0.3 is 24.0 Å². The van der Waals surface area contributed by atoms with Crippen molar-refractivity contribution in [3.05, 3.63) is 94.6 Å². The van der Waals surface area contributed by atoms with Crippen LogP contribution in [0.3, 0.4) is 0 Å². The number of fused-ring (bicyclic) bond motifs is 1. The van der Waals surface area contributed by atoms with Crippen molar-refractivity contribution in [2.75, 3.05) is 46.5 Å². The van der Waals surface area contributed by atoms with Crippen molar-refractivity contribution < 1.29 is 32.6 Å². The predicted molar refractivity (Wildman–Crippen MR) is 149 cm³/mol.